The largest absolute Gasteiger partial charge is 0.478 e. The number of halogens is 1. The van der Waals surface area contributed by atoms with Gasteiger partial charge >= 0.3 is 12.0 Å². The minimum absolute atomic E-state index is 0.175. The Morgan fingerprint density at radius 3 is 2.55 bits per heavy atom. The van der Waals surface area contributed by atoms with Crippen LogP contribution in [0.3, 0.4) is 0 Å². The molecule has 8 heteroatoms. The first-order valence-electron chi connectivity index (χ1n) is 5.60. The van der Waals surface area contributed by atoms with Crippen LogP contribution in [0.4, 0.5) is 14.9 Å². The van der Waals surface area contributed by atoms with E-state index < -0.39 is 17.8 Å². The van der Waals surface area contributed by atoms with Crippen molar-refractivity contribution in [2.45, 2.75) is 0 Å². The molecule has 0 bridgehead atoms. The molecule has 108 valence electrons. The maximum absolute atomic E-state index is 13.1. The topological polar surface area (TPSA) is 98.7 Å². The number of aromatic carboxylic acids is 1. The molecule has 7 nitrogen and oxygen atoms in total. The molecule has 0 saturated carbocycles. The number of carboxylic acid groups (broad SMARTS) is 1. The number of nitrogens with zero attached hydrogens (tertiary/aromatic N) is 1. The summed E-state index contributed by atoms with van der Waals surface area (Å²) in [5, 5.41) is 13.5. The summed E-state index contributed by atoms with van der Waals surface area (Å²) in [6, 6.07) is 2.20. The lowest BCUT2D eigenvalue weighted by atomic mass is 10.2. The van der Waals surface area contributed by atoms with Gasteiger partial charge in [0, 0.05) is 14.1 Å². The molecule has 1 aromatic carbocycles. The molecule has 0 aliphatic rings. The lowest BCUT2D eigenvalue weighted by Crippen LogP contribution is -2.39. The highest BCUT2D eigenvalue weighted by Crippen LogP contribution is 2.17. The average Bonchev–Trinajstić information content (AvgIpc) is 2.38. The monoisotopic (exact) mass is 283 g/mol. The summed E-state index contributed by atoms with van der Waals surface area (Å²) in [6.07, 6.45) is 0. The van der Waals surface area contributed by atoms with Crippen LogP contribution in [0.25, 0.3) is 0 Å². The predicted octanol–water partition coefficient (Wildman–Crippen LogP) is 0.734. The van der Waals surface area contributed by atoms with Gasteiger partial charge in [-0.25, -0.2) is 14.0 Å². The minimum atomic E-state index is -1.30. The third kappa shape index (κ3) is 3.94. The molecule has 1 rings (SSSR count). The number of likely N-dealkylation sites (N-methyl/N-ethyl adjacent to an activating group) is 2. The van der Waals surface area contributed by atoms with Crippen LogP contribution in [0, 0.1) is 5.82 Å². The smallest absolute Gasteiger partial charge is 0.337 e. The number of nitrogens with one attached hydrogen (secondary N) is 2. The molecule has 0 aliphatic heterocycles. The molecule has 3 amide bonds. The second-order valence-corrected chi connectivity index (χ2v) is 3.95. The fourth-order valence-electron chi connectivity index (χ4n) is 1.38. The number of benzene rings is 1. The first-order chi connectivity index (χ1) is 9.35. The average molecular weight is 283 g/mol. The second kappa shape index (κ2) is 6.50. The number of carbonyl (C=O) groups excluding carboxylic acids is 2. The highest BCUT2D eigenvalue weighted by molar-refractivity contribution is 6.00. The Morgan fingerprint density at radius 1 is 1.35 bits per heavy atom. The number of hydrogen-bond acceptors (Lipinski definition) is 3. The SMILES string of the molecule is CNC(=O)CN(C)C(=O)Nc1cc(F)ccc1C(=O)O. The Kier molecular flexibility index (Phi) is 5.01. The summed E-state index contributed by atoms with van der Waals surface area (Å²) in [4.78, 5) is 34.9. The van der Waals surface area contributed by atoms with Crippen molar-refractivity contribution >= 4 is 23.6 Å². The van der Waals surface area contributed by atoms with Gasteiger partial charge in [-0.2, -0.15) is 0 Å². The fraction of sp³-hybridized carbons (Fsp3) is 0.250. The van der Waals surface area contributed by atoms with E-state index in [0.29, 0.717) is 0 Å². The summed E-state index contributed by atoms with van der Waals surface area (Å²) >= 11 is 0. The predicted molar refractivity (Wildman–Crippen MR) is 69.1 cm³/mol. The zero-order valence-corrected chi connectivity index (χ0v) is 10.9. The van der Waals surface area contributed by atoms with E-state index in [9.17, 15) is 18.8 Å². The standard InChI is InChI=1S/C12H14FN3O4/c1-14-10(17)6-16(2)12(20)15-9-5-7(13)3-4-8(9)11(18)19/h3-5H,6H2,1-2H3,(H,14,17)(H,15,20)(H,18,19). The van der Waals surface area contributed by atoms with E-state index in [2.05, 4.69) is 10.6 Å². The van der Waals surface area contributed by atoms with Crippen molar-refractivity contribution in [3.63, 3.8) is 0 Å². The third-order valence-electron chi connectivity index (χ3n) is 2.46. The number of rotatable bonds is 4. The molecule has 0 aliphatic carbocycles. The molecule has 0 unspecified atom stereocenters. The Morgan fingerprint density at radius 2 is 2.00 bits per heavy atom. The number of hydrogen-bond donors (Lipinski definition) is 3. The quantitative estimate of drug-likeness (QED) is 0.758. The molecular formula is C12H14FN3O4. The Balaban J connectivity index is 2.87. The molecular weight excluding hydrogens is 269 g/mol. The first kappa shape index (κ1) is 15.4. The van der Waals surface area contributed by atoms with Crippen molar-refractivity contribution in [2.24, 2.45) is 0 Å². The van der Waals surface area contributed by atoms with Gasteiger partial charge in [0.05, 0.1) is 11.3 Å². The second-order valence-electron chi connectivity index (χ2n) is 3.95. The van der Waals surface area contributed by atoms with Crippen LogP contribution in [-0.4, -0.2) is 48.6 Å². The minimum Gasteiger partial charge on any atom is -0.478 e. The van der Waals surface area contributed by atoms with Gasteiger partial charge < -0.3 is 20.6 Å². The van der Waals surface area contributed by atoms with Crippen LogP contribution < -0.4 is 10.6 Å². The van der Waals surface area contributed by atoms with Crippen LogP contribution in [0.15, 0.2) is 18.2 Å². The summed E-state index contributed by atoms with van der Waals surface area (Å²) in [5.41, 5.74) is -0.417. The molecule has 0 radical (unpaired) electrons. The zero-order valence-electron chi connectivity index (χ0n) is 10.9. The summed E-state index contributed by atoms with van der Waals surface area (Å²) in [6.45, 7) is -0.208. The van der Waals surface area contributed by atoms with Crippen molar-refractivity contribution < 1.29 is 23.9 Å². The number of urea groups is 1. The molecule has 0 heterocycles. The van der Waals surface area contributed by atoms with Crippen LogP contribution in [0.5, 0.6) is 0 Å². The summed E-state index contributed by atoms with van der Waals surface area (Å²) in [7, 11) is 2.77. The van der Waals surface area contributed by atoms with Crippen molar-refractivity contribution in [3.8, 4) is 0 Å². The van der Waals surface area contributed by atoms with E-state index in [1.807, 2.05) is 0 Å². The van der Waals surface area contributed by atoms with E-state index in [4.69, 9.17) is 5.11 Å². The number of carbonyl (C=O) groups is 3. The molecule has 1 aromatic rings. The van der Waals surface area contributed by atoms with Crippen LogP contribution >= 0.6 is 0 Å². The van der Waals surface area contributed by atoms with Crippen LogP contribution in [0.2, 0.25) is 0 Å². The molecule has 0 atom stereocenters. The van der Waals surface area contributed by atoms with Crippen LogP contribution in [0.1, 0.15) is 10.4 Å². The lowest BCUT2D eigenvalue weighted by Gasteiger charge is -2.17. The third-order valence-corrected chi connectivity index (χ3v) is 2.46. The van der Waals surface area contributed by atoms with E-state index in [0.717, 1.165) is 23.1 Å². The van der Waals surface area contributed by atoms with E-state index in [-0.39, 0.29) is 23.7 Å². The highest BCUT2D eigenvalue weighted by atomic mass is 19.1. The van der Waals surface area contributed by atoms with Crippen molar-refractivity contribution in [2.75, 3.05) is 26.0 Å². The van der Waals surface area contributed by atoms with Crippen molar-refractivity contribution in [1.29, 1.82) is 0 Å². The maximum atomic E-state index is 13.1. The van der Waals surface area contributed by atoms with Gasteiger partial charge in [-0.3, -0.25) is 4.79 Å². The van der Waals surface area contributed by atoms with Crippen LogP contribution in [-0.2, 0) is 4.79 Å². The van der Waals surface area contributed by atoms with Gasteiger partial charge in [-0.15, -0.1) is 0 Å². The van der Waals surface area contributed by atoms with E-state index in [1.165, 1.54) is 14.1 Å². The van der Waals surface area contributed by atoms with Gasteiger partial charge in [0.2, 0.25) is 5.91 Å². The van der Waals surface area contributed by atoms with Crippen molar-refractivity contribution in [3.05, 3.63) is 29.6 Å². The van der Waals surface area contributed by atoms with Gasteiger partial charge in [0.1, 0.15) is 12.4 Å². The molecule has 0 aromatic heterocycles. The van der Waals surface area contributed by atoms with Gasteiger partial charge in [0.25, 0.3) is 0 Å². The van der Waals surface area contributed by atoms with Gasteiger partial charge in [0.15, 0.2) is 0 Å². The fourth-order valence-corrected chi connectivity index (χ4v) is 1.38. The van der Waals surface area contributed by atoms with E-state index in [1.54, 1.807) is 0 Å². The number of amides is 3. The molecule has 0 saturated heterocycles. The Bertz CT molecular complexity index is 548. The molecule has 3 N–H and O–H groups in total. The maximum Gasteiger partial charge on any atom is 0.337 e. The number of anilines is 1. The number of carboxylic acids is 1. The normalized spacial score (nSPS) is 9.75. The van der Waals surface area contributed by atoms with E-state index >= 15 is 0 Å². The van der Waals surface area contributed by atoms with Crippen molar-refractivity contribution in [1.82, 2.24) is 10.2 Å². The Hall–Kier alpha value is -2.64. The molecule has 0 spiro atoms. The lowest BCUT2D eigenvalue weighted by molar-refractivity contribution is -0.120. The molecule has 0 fully saturated rings. The summed E-state index contributed by atoms with van der Waals surface area (Å²) < 4.78 is 13.1. The first-order valence-corrected chi connectivity index (χ1v) is 5.60. The zero-order chi connectivity index (χ0) is 15.3. The van der Waals surface area contributed by atoms with Gasteiger partial charge in [-0.1, -0.05) is 0 Å². The summed E-state index contributed by atoms with van der Waals surface area (Å²) in [5.74, 6) is -2.37. The molecule has 20 heavy (non-hydrogen) atoms. The van der Waals surface area contributed by atoms with Gasteiger partial charge in [-0.05, 0) is 18.2 Å². The highest BCUT2D eigenvalue weighted by Gasteiger charge is 2.17. The Labute approximate surface area is 114 Å².